The number of esters is 1. The van der Waals surface area contributed by atoms with Crippen molar-refractivity contribution in [3.05, 3.63) is 29.8 Å². The smallest absolute Gasteiger partial charge is 0.328 e. The molecule has 0 radical (unpaired) electrons. The molecule has 1 aliphatic rings. The van der Waals surface area contributed by atoms with E-state index in [0.29, 0.717) is 17.2 Å². The average Bonchev–Trinajstić information content (AvgIpc) is 2.53. The molecule has 0 spiro atoms. The first kappa shape index (κ1) is 21.9. The first-order chi connectivity index (χ1) is 11.9. The van der Waals surface area contributed by atoms with Crippen LogP contribution in [0.2, 0.25) is 0 Å². The van der Waals surface area contributed by atoms with Gasteiger partial charge in [-0.15, -0.1) is 12.4 Å². The molecule has 0 bridgehead atoms. The van der Waals surface area contributed by atoms with E-state index in [-0.39, 0.29) is 36.7 Å². The van der Waals surface area contributed by atoms with Crippen LogP contribution < -0.4 is 16.0 Å². The highest BCUT2D eigenvalue weighted by Crippen LogP contribution is 2.18. The minimum Gasteiger partial charge on any atom is -0.464 e. The Morgan fingerprint density at radius 2 is 1.81 bits per heavy atom. The first-order valence-corrected chi connectivity index (χ1v) is 8.51. The van der Waals surface area contributed by atoms with Gasteiger partial charge in [-0.3, -0.25) is 9.59 Å². The lowest BCUT2D eigenvalue weighted by atomic mass is 9.88. The highest BCUT2D eigenvalue weighted by molar-refractivity contribution is 5.98. The van der Waals surface area contributed by atoms with Crippen LogP contribution in [-0.4, -0.2) is 43.5 Å². The Labute approximate surface area is 159 Å². The van der Waals surface area contributed by atoms with Crippen molar-refractivity contribution in [3.63, 3.8) is 0 Å². The van der Waals surface area contributed by atoms with Gasteiger partial charge in [0, 0.05) is 17.2 Å². The van der Waals surface area contributed by atoms with Crippen LogP contribution in [0.4, 0.5) is 5.69 Å². The molecule has 0 saturated carbocycles. The van der Waals surface area contributed by atoms with E-state index in [9.17, 15) is 14.4 Å². The van der Waals surface area contributed by atoms with Crippen LogP contribution in [0, 0.1) is 11.8 Å². The highest BCUT2D eigenvalue weighted by Gasteiger charge is 2.28. The zero-order valence-electron chi connectivity index (χ0n) is 15.2. The Hall–Kier alpha value is -2.12. The van der Waals surface area contributed by atoms with Gasteiger partial charge in [0.25, 0.3) is 5.91 Å². The number of carbonyl (C=O) groups is 3. The van der Waals surface area contributed by atoms with Gasteiger partial charge in [-0.05, 0) is 57.1 Å². The van der Waals surface area contributed by atoms with Crippen LogP contribution in [-0.2, 0) is 14.3 Å². The average molecular weight is 384 g/mol. The van der Waals surface area contributed by atoms with Crippen molar-refractivity contribution in [1.82, 2.24) is 10.6 Å². The van der Waals surface area contributed by atoms with Gasteiger partial charge in [0.2, 0.25) is 5.91 Å². The summed E-state index contributed by atoms with van der Waals surface area (Å²) in [5.74, 6) is -0.560. The summed E-state index contributed by atoms with van der Waals surface area (Å²) in [5, 5.41) is 8.60. The van der Waals surface area contributed by atoms with Crippen molar-refractivity contribution in [2.75, 3.05) is 25.0 Å². The van der Waals surface area contributed by atoms with Crippen molar-refractivity contribution >= 4 is 35.9 Å². The van der Waals surface area contributed by atoms with Gasteiger partial charge in [0.15, 0.2) is 0 Å². The second-order valence-corrected chi connectivity index (χ2v) is 6.22. The summed E-state index contributed by atoms with van der Waals surface area (Å²) in [6.45, 7) is 7.20. The molecule has 1 aromatic rings. The summed E-state index contributed by atoms with van der Waals surface area (Å²) in [4.78, 5) is 35.9. The van der Waals surface area contributed by atoms with E-state index in [2.05, 4.69) is 16.0 Å². The fourth-order valence-electron chi connectivity index (χ4n) is 2.45. The molecule has 1 aliphatic heterocycles. The summed E-state index contributed by atoms with van der Waals surface area (Å²) in [7, 11) is 0. The normalized spacial score (nSPS) is 15.7. The maximum Gasteiger partial charge on any atom is 0.328 e. The van der Waals surface area contributed by atoms with Gasteiger partial charge in [-0.25, -0.2) is 4.79 Å². The van der Waals surface area contributed by atoms with Crippen LogP contribution in [0.25, 0.3) is 0 Å². The lowest BCUT2D eigenvalue weighted by Gasteiger charge is -2.31. The molecule has 1 saturated heterocycles. The molecule has 8 heteroatoms. The number of nitrogens with one attached hydrogen (secondary N) is 3. The number of benzene rings is 1. The van der Waals surface area contributed by atoms with Crippen LogP contribution in [0.5, 0.6) is 0 Å². The maximum absolute atomic E-state index is 12.2. The molecule has 2 unspecified atom stereocenters. The Bertz CT molecular complexity index is 632. The highest BCUT2D eigenvalue weighted by atomic mass is 35.5. The minimum absolute atomic E-state index is 0. The third-order valence-electron chi connectivity index (χ3n) is 4.34. The molecule has 1 aromatic carbocycles. The van der Waals surface area contributed by atoms with Gasteiger partial charge < -0.3 is 20.7 Å². The fourth-order valence-corrected chi connectivity index (χ4v) is 2.45. The summed E-state index contributed by atoms with van der Waals surface area (Å²) >= 11 is 0. The Morgan fingerprint density at radius 1 is 1.19 bits per heavy atom. The van der Waals surface area contributed by atoms with Gasteiger partial charge >= 0.3 is 5.97 Å². The third kappa shape index (κ3) is 5.71. The Balaban J connectivity index is 0.00000338. The van der Waals surface area contributed by atoms with Crippen LogP contribution in [0.15, 0.2) is 24.3 Å². The Morgan fingerprint density at radius 3 is 2.31 bits per heavy atom. The predicted molar refractivity (Wildman–Crippen MR) is 101 cm³/mol. The zero-order valence-corrected chi connectivity index (χ0v) is 16.0. The summed E-state index contributed by atoms with van der Waals surface area (Å²) in [5.41, 5.74) is 1.05. The number of halogens is 1. The van der Waals surface area contributed by atoms with Crippen molar-refractivity contribution in [2.24, 2.45) is 11.8 Å². The molecule has 7 nitrogen and oxygen atoms in total. The van der Waals surface area contributed by atoms with E-state index in [1.807, 2.05) is 6.92 Å². The lowest BCUT2D eigenvalue weighted by molar-refractivity contribution is -0.144. The summed E-state index contributed by atoms with van der Waals surface area (Å²) < 4.78 is 4.85. The van der Waals surface area contributed by atoms with E-state index in [1.54, 1.807) is 38.1 Å². The van der Waals surface area contributed by atoms with E-state index in [0.717, 1.165) is 13.1 Å². The summed E-state index contributed by atoms with van der Waals surface area (Å²) in [6.07, 6.45) is 0. The van der Waals surface area contributed by atoms with Crippen molar-refractivity contribution in [2.45, 2.75) is 26.8 Å². The SMILES string of the molecule is CCOC(=O)C(C)NC(=O)c1ccc(NC(=O)C(C)C2CNC2)cc1.Cl. The largest absolute Gasteiger partial charge is 0.464 e. The van der Waals surface area contributed by atoms with Crippen LogP contribution in [0.3, 0.4) is 0 Å². The first-order valence-electron chi connectivity index (χ1n) is 8.51. The number of ether oxygens (including phenoxy) is 1. The van der Waals surface area contributed by atoms with Gasteiger partial charge in [-0.2, -0.15) is 0 Å². The number of hydrogen-bond acceptors (Lipinski definition) is 5. The molecule has 26 heavy (non-hydrogen) atoms. The minimum atomic E-state index is -0.719. The number of amides is 2. The molecule has 2 rings (SSSR count). The quantitative estimate of drug-likeness (QED) is 0.621. The molecule has 0 aromatic heterocycles. The van der Waals surface area contributed by atoms with Crippen LogP contribution in [0.1, 0.15) is 31.1 Å². The second kappa shape index (κ2) is 10.1. The third-order valence-corrected chi connectivity index (χ3v) is 4.34. The molecule has 3 N–H and O–H groups in total. The molecular weight excluding hydrogens is 358 g/mol. The number of rotatable bonds is 7. The zero-order chi connectivity index (χ0) is 18.4. The van der Waals surface area contributed by atoms with E-state index < -0.39 is 12.0 Å². The van der Waals surface area contributed by atoms with Gasteiger partial charge in [0.1, 0.15) is 6.04 Å². The molecule has 2 amide bonds. The fraction of sp³-hybridized carbons (Fsp3) is 0.500. The standard InChI is InChI=1S/C18H25N3O4.ClH/c1-4-25-18(24)12(3)20-17(23)13-5-7-15(8-6-13)21-16(22)11(2)14-9-19-10-14;/h5-8,11-12,14,19H,4,9-10H2,1-3H3,(H,20,23)(H,21,22);1H. The molecule has 2 atom stereocenters. The predicted octanol–water partition coefficient (Wildman–Crippen LogP) is 1.58. The van der Waals surface area contributed by atoms with Gasteiger partial charge in [0.05, 0.1) is 6.61 Å². The second-order valence-electron chi connectivity index (χ2n) is 6.22. The van der Waals surface area contributed by atoms with E-state index in [1.165, 1.54) is 0 Å². The molecule has 0 aliphatic carbocycles. The van der Waals surface area contributed by atoms with Crippen LogP contribution >= 0.6 is 12.4 Å². The lowest BCUT2D eigenvalue weighted by Crippen LogP contribution is -2.48. The molecular formula is C18H26ClN3O4. The molecule has 1 heterocycles. The summed E-state index contributed by atoms with van der Waals surface area (Å²) in [6, 6.07) is 5.85. The maximum atomic E-state index is 12.2. The number of carbonyl (C=O) groups excluding carboxylic acids is 3. The molecule has 1 fully saturated rings. The topological polar surface area (TPSA) is 96.5 Å². The Kier molecular flexibility index (Phi) is 8.54. The number of hydrogen-bond donors (Lipinski definition) is 3. The van der Waals surface area contributed by atoms with E-state index in [4.69, 9.17) is 4.74 Å². The van der Waals surface area contributed by atoms with Crippen molar-refractivity contribution in [1.29, 1.82) is 0 Å². The number of anilines is 1. The molecule has 144 valence electrons. The van der Waals surface area contributed by atoms with E-state index >= 15 is 0 Å². The monoisotopic (exact) mass is 383 g/mol. The van der Waals surface area contributed by atoms with Gasteiger partial charge in [-0.1, -0.05) is 6.92 Å². The van der Waals surface area contributed by atoms with Crippen molar-refractivity contribution < 1.29 is 19.1 Å². The van der Waals surface area contributed by atoms with Crippen molar-refractivity contribution in [3.8, 4) is 0 Å².